The van der Waals surface area contributed by atoms with E-state index in [1.54, 1.807) is 0 Å². The lowest BCUT2D eigenvalue weighted by atomic mass is 9.97. The summed E-state index contributed by atoms with van der Waals surface area (Å²) in [6.45, 7) is 1.59. The summed E-state index contributed by atoms with van der Waals surface area (Å²) in [4.78, 5) is 12.7. The number of nitrogens with one attached hydrogen (secondary N) is 1. The minimum atomic E-state index is -4.59. The van der Waals surface area contributed by atoms with Gasteiger partial charge in [-0.05, 0) is 36.1 Å². The number of hydrogen-bond donors (Lipinski definition) is 1. The molecule has 0 fully saturated rings. The van der Waals surface area contributed by atoms with Gasteiger partial charge in [0.15, 0.2) is 5.69 Å². The number of aromatic nitrogens is 2. The van der Waals surface area contributed by atoms with Crippen molar-refractivity contribution in [2.45, 2.75) is 38.7 Å². The molecule has 0 unspecified atom stereocenters. The Morgan fingerprint density at radius 3 is 2.85 bits per heavy atom. The molecule has 2 aliphatic rings. The fourth-order valence-electron chi connectivity index (χ4n) is 3.67. The molecule has 0 aliphatic carbocycles. The van der Waals surface area contributed by atoms with Crippen molar-refractivity contribution in [1.82, 2.24) is 15.1 Å². The van der Waals surface area contributed by atoms with Gasteiger partial charge in [0.1, 0.15) is 0 Å². The van der Waals surface area contributed by atoms with E-state index < -0.39 is 17.4 Å². The molecule has 2 aromatic rings. The van der Waals surface area contributed by atoms with Crippen LogP contribution >= 0.6 is 0 Å². The fourth-order valence-corrected chi connectivity index (χ4v) is 3.67. The summed E-state index contributed by atoms with van der Waals surface area (Å²) < 4.78 is 46.8. The molecule has 5 nitrogen and oxygen atoms in total. The molecule has 0 saturated heterocycles. The molecule has 2 aliphatic heterocycles. The molecule has 0 spiro atoms. The molecule has 1 aromatic carbocycles. The number of rotatable bonds is 2. The summed E-state index contributed by atoms with van der Waals surface area (Å²) >= 11 is 0. The summed E-state index contributed by atoms with van der Waals surface area (Å²) in [5.41, 5.74) is 1.68. The highest BCUT2D eigenvalue weighted by Gasteiger charge is 2.38. The topological polar surface area (TPSA) is 56.2 Å². The second-order valence-corrected chi connectivity index (χ2v) is 6.55. The molecule has 138 valence electrons. The van der Waals surface area contributed by atoms with Crippen LogP contribution in [-0.2, 0) is 43.5 Å². The van der Waals surface area contributed by atoms with Crippen molar-refractivity contribution in [3.8, 4) is 0 Å². The summed E-state index contributed by atoms with van der Waals surface area (Å²) in [5, 5.41) is 6.60. The first-order valence-electron chi connectivity index (χ1n) is 8.53. The van der Waals surface area contributed by atoms with Crippen LogP contribution in [0.4, 0.5) is 13.2 Å². The predicted octanol–water partition coefficient (Wildman–Crippen LogP) is 2.03. The van der Waals surface area contributed by atoms with Crippen LogP contribution in [-0.4, -0.2) is 22.9 Å². The molecule has 0 saturated carbocycles. The zero-order chi connectivity index (χ0) is 18.3. The summed E-state index contributed by atoms with van der Waals surface area (Å²) in [6, 6.07) is 5.61. The summed E-state index contributed by atoms with van der Waals surface area (Å²) in [7, 11) is 0. The van der Waals surface area contributed by atoms with Gasteiger partial charge in [0, 0.05) is 17.7 Å². The average Bonchev–Trinajstić information content (AvgIpc) is 2.63. The Bertz CT molecular complexity index is 906. The second-order valence-electron chi connectivity index (χ2n) is 6.55. The van der Waals surface area contributed by atoms with Crippen LogP contribution in [0.1, 0.15) is 33.5 Å². The zero-order valence-corrected chi connectivity index (χ0v) is 14.0. The van der Waals surface area contributed by atoms with Crippen molar-refractivity contribution >= 4 is 0 Å². The van der Waals surface area contributed by atoms with Gasteiger partial charge < -0.3 is 10.1 Å². The third-order valence-corrected chi connectivity index (χ3v) is 4.93. The van der Waals surface area contributed by atoms with Crippen LogP contribution < -0.4 is 10.9 Å². The van der Waals surface area contributed by atoms with Gasteiger partial charge in [-0.15, -0.1) is 0 Å². The molecule has 1 N–H and O–H groups in total. The molecular weight excluding hydrogens is 347 g/mol. The van der Waals surface area contributed by atoms with Crippen molar-refractivity contribution in [3.05, 3.63) is 62.1 Å². The summed E-state index contributed by atoms with van der Waals surface area (Å²) in [5.74, 6) is 0. The van der Waals surface area contributed by atoms with E-state index in [2.05, 4.69) is 10.4 Å². The third kappa shape index (κ3) is 3.03. The first-order valence-corrected chi connectivity index (χ1v) is 8.53. The van der Waals surface area contributed by atoms with Crippen LogP contribution in [0, 0.1) is 0 Å². The van der Waals surface area contributed by atoms with E-state index in [0.29, 0.717) is 26.2 Å². The number of ether oxygens (including phenoxy) is 1. The molecule has 8 heteroatoms. The number of alkyl halides is 3. The zero-order valence-electron chi connectivity index (χ0n) is 14.0. The minimum Gasteiger partial charge on any atom is -0.376 e. The highest BCUT2D eigenvalue weighted by molar-refractivity contribution is 5.37. The maximum Gasteiger partial charge on any atom is 0.435 e. The molecule has 0 bridgehead atoms. The van der Waals surface area contributed by atoms with Crippen LogP contribution in [0.2, 0.25) is 0 Å². The Labute approximate surface area is 147 Å². The Morgan fingerprint density at radius 1 is 1.19 bits per heavy atom. The smallest absolute Gasteiger partial charge is 0.376 e. The van der Waals surface area contributed by atoms with Gasteiger partial charge in [0.2, 0.25) is 0 Å². The first-order chi connectivity index (χ1) is 12.4. The monoisotopic (exact) mass is 365 g/mol. The van der Waals surface area contributed by atoms with E-state index in [9.17, 15) is 18.0 Å². The van der Waals surface area contributed by atoms with E-state index in [-0.39, 0.29) is 30.6 Å². The number of nitrogens with zero attached hydrogens (tertiary/aromatic N) is 2. The number of benzene rings is 1. The molecule has 26 heavy (non-hydrogen) atoms. The van der Waals surface area contributed by atoms with Gasteiger partial charge in [0.05, 0.1) is 19.8 Å². The third-order valence-electron chi connectivity index (χ3n) is 4.93. The molecule has 0 radical (unpaired) electrons. The van der Waals surface area contributed by atoms with Gasteiger partial charge in [-0.2, -0.15) is 18.3 Å². The number of halogens is 3. The highest BCUT2D eigenvalue weighted by atomic mass is 19.4. The molecular formula is C18H18F3N3O2. The van der Waals surface area contributed by atoms with Crippen molar-refractivity contribution in [1.29, 1.82) is 0 Å². The average molecular weight is 365 g/mol. The molecule has 4 rings (SSSR count). The van der Waals surface area contributed by atoms with Crippen molar-refractivity contribution < 1.29 is 17.9 Å². The van der Waals surface area contributed by atoms with E-state index in [4.69, 9.17) is 4.74 Å². The van der Waals surface area contributed by atoms with E-state index >= 15 is 0 Å². The van der Waals surface area contributed by atoms with Crippen LogP contribution in [0.5, 0.6) is 0 Å². The molecule has 0 amide bonds. The Balaban J connectivity index is 1.82. The minimum absolute atomic E-state index is 0.0192. The molecule has 1 aromatic heterocycles. The van der Waals surface area contributed by atoms with Gasteiger partial charge in [0.25, 0.3) is 5.56 Å². The second kappa shape index (κ2) is 6.51. The predicted molar refractivity (Wildman–Crippen MR) is 87.8 cm³/mol. The Hall–Kier alpha value is -2.19. The lowest BCUT2D eigenvalue weighted by Gasteiger charge is -2.23. The van der Waals surface area contributed by atoms with Crippen LogP contribution in [0.3, 0.4) is 0 Å². The Morgan fingerprint density at radius 2 is 2.04 bits per heavy atom. The van der Waals surface area contributed by atoms with Gasteiger partial charge in [-0.3, -0.25) is 4.79 Å². The first kappa shape index (κ1) is 17.2. The van der Waals surface area contributed by atoms with Crippen molar-refractivity contribution in [2.75, 3.05) is 13.2 Å². The van der Waals surface area contributed by atoms with E-state index in [0.717, 1.165) is 21.4 Å². The van der Waals surface area contributed by atoms with Gasteiger partial charge >= 0.3 is 6.18 Å². The SMILES string of the molecule is O=c1c2c(c(C(F)(F)F)nn1Cc1cccc3c1CCOC3)CNCC2. The van der Waals surface area contributed by atoms with Crippen LogP contribution in [0.15, 0.2) is 23.0 Å². The Kier molecular flexibility index (Phi) is 4.32. The highest BCUT2D eigenvalue weighted by Crippen LogP contribution is 2.32. The van der Waals surface area contributed by atoms with E-state index in [1.165, 1.54) is 0 Å². The normalized spacial score (nSPS) is 16.9. The van der Waals surface area contributed by atoms with Crippen molar-refractivity contribution in [2.24, 2.45) is 0 Å². The van der Waals surface area contributed by atoms with Gasteiger partial charge in [-0.1, -0.05) is 18.2 Å². The standard InChI is InChI=1S/C18H18F3N3O2/c19-18(20,21)16-15-8-22-6-4-14(15)17(25)24(23-16)9-11-2-1-3-12-10-26-7-5-13(11)12/h1-3,22H,4-10H2. The maximum absolute atomic E-state index is 13.5. The van der Waals surface area contributed by atoms with E-state index in [1.807, 2.05) is 18.2 Å². The lowest BCUT2D eigenvalue weighted by Crippen LogP contribution is -2.38. The fraction of sp³-hybridized carbons (Fsp3) is 0.444. The lowest BCUT2D eigenvalue weighted by molar-refractivity contribution is -0.143. The van der Waals surface area contributed by atoms with Crippen LogP contribution in [0.25, 0.3) is 0 Å². The van der Waals surface area contributed by atoms with Gasteiger partial charge in [-0.25, -0.2) is 4.68 Å². The number of hydrogen-bond acceptors (Lipinski definition) is 4. The quantitative estimate of drug-likeness (QED) is 0.885. The molecule has 3 heterocycles. The number of fused-ring (bicyclic) bond motifs is 2. The largest absolute Gasteiger partial charge is 0.435 e. The molecule has 0 atom stereocenters. The maximum atomic E-state index is 13.5. The summed E-state index contributed by atoms with van der Waals surface area (Å²) in [6.07, 6.45) is -3.63. The van der Waals surface area contributed by atoms with Crippen molar-refractivity contribution in [3.63, 3.8) is 0 Å².